The number of aromatic nitrogens is 1. The maximum atomic E-state index is 13.7. The van der Waals surface area contributed by atoms with Crippen molar-refractivity contribution in [2.75, 3.05) is 32.1 Å². The Bertz CT molecular complexity index is 1360. The minimum absolute atomic E-state index is 0.0303. The third kappa shape index (κ3) is 7.04. The van der Waals surface area contributed by atoms with Crippen LogP contribution in [0.1, 0.15) is 48.4 Å². The van der Waals surface area contributed by atoms with Crippen molar-refractivity contribution in [2.45, 2.75) is 45.9 Å². The number of carbonyl (C=O) groups is 3. The number of fused-ring (bicyclic) bond motifs is 1. The highest BCUT2D eigenvalue weighted by Gasteiger charge is 2.35. The van der Waals surface area contributed by atoms with Crippen LogP contribution >= 0.6 is 11.3 Å². The minimum atomic E-state index is -0.506. The number of ether oxygens (including phenoxy) is 1. The number of thiazole rings is 1. The summed E-state index contributed by atoms with van der Waals surface area (Å²) in [6, 6.07) is 11.4. The maximum Gasteiger partial charge on any atom is 0.317 e. The van der Waals surface area contributed by atoms with Crippen LogP contribution in [-0.4, -0.2) is 82.7 Å². The Morgan fingerprint density at radius 2 is 1.93 bits per heavy atom. The number of benzene rings is 2. The Kier molecular flexibility index (Phi) is 9.61. The molecule has 0 aliphatic carbocycles. The number of aliphatic hydroxyl groups is 1. The van der Waals surface area contributed by atoms with Crippen LogP contribution in [0.4, 0.5) is 10.5 Å². The lowest BCUT2D eigenvalue weighted by Crippen LogP contribution is -2.51. The normalized spacial score (nSPS) is 17.6. The van der Waals surface area contributed by atoms with Gasteiger partial charge in [0.15, 0.2) is 5.75 Å². The lowest BCUT2D eigenvalue weighted by Gasteiger charge is -2.38. The average molecular weight is 580 g/mol. The highest BCUT2D eigenvalue weighted by atomic mass is 32.1. The molecule has 4 rings (SSSR count). The Balaban J connectivity index is 1.66. The summed E-state index contributed by atoms with van der Waals surface area (Å²) in [6.45, 7) is 7.87. The number of rotatable bonds is 8. The first kappa shape index (κ1) is 30.0. The van der Waals surface area contributed by atoms with Gasteiger partial charge in [-0.05, 0) is 45.0 Å². The van der Waals surface area contributed by atoms with Gasteiger partial charge in [-0.3, -0.25) is 9.59 Å². The first-order chi connectivity index (χ1) is 19.6. The molecule has 10 nitrogen and oxygen atoms in total. The number of anilines is 1. The second-order valence-corrected chi connectivity index (χ2v) is 11.6. The molecule has 0 fully saturated rings. The molecule has 0 radical (unpaired) electrons. The van der Waals surface area contributed by atoms with Crippen LogP contribution in [0.25, 0.3) is 10.6 Å². The van der Waals surface area contributed by atoms with Crippen molar-refractivity contribution < 1.29 is 24.2 Å². The lowest BCUT2D eigenvalue weighted by atomic mass is 9.99. The summed E-state index contributed by atoms with van der Waals surface area (Å²) in [6.07, 6.45) is 1.23. The van der Waals surface area contributed by atoms with Crippen molar-refractivity contribution >= 4 is 34.9 Å². The van der Waals surface area contributed by atoms with Crippen LogP contribution in [-0.2, 0) is 0 Å². The molecule has 11 heteroatoms. The molecule has 0 unspecified atom stereocenters. The van der Waals surface area contributed by atoms with Crippen LogP contribution in [0.2, 0.25) is 0 Å². The number of likely N-dealkylation sites (N-methyl/N-ethyl adjacent to an activating group) is 1. The van der Waals surface area contributed by atoms with Gasteiger partial charge in [0.1, 0.15) is 11.1 Å². The van der Waals surface area contributed by atoms with Gasteiger partial charge in [0, 0.05) is 48.3 Å². The predicted octanol–water partition coefficient (Wildman–Crippen LogP) is 4.33. The monoisotopic (exact) mass is 579 g/mol. The molecule has 0 bridgehead atoms. The second-order valence-electron chi connectivity index (χ2n) is 10.7. The van der Waals surface area contributed by atoms with E-state index in [-0.39, 0.29) is 54.3 Å². The molecule has 1 aliphatic heterocycles. The zero-order valence-corrected chi connectivity index (χ0v) is 24.8. The Morgan fingerprint density at radius 1 is 1.20 bits per heavy atom. The van der Waals surface area contributed by atoms with Crippen LogP contribution < -0.4 is 15.4 Å². The van der Waals surface area contributed by atoms with E-state index in [1.54, 1.807) is 60.3 Å². The van der Waals surface area contributed by atoms with Crippen molar-refractivity contribution in [3.63, 3.8) is 0 Å². The molecule has 3 N–H and O–H groups in total. The van der Waals surface area contributed by atoms with Gasteiger partial charge in [-0.15, -0.1) is 11.3 Å². The van der Waals surface area contributed by atoms with Gasteiger partial charge in [0.2, 0.25) is 0 Å². The van der Waals surface area contributed by atoms with Crippen molar-refractivity contribution in [1.29, 1.82) is 0 Å². The first-order valence-electron chi connectivity index (χ1n) is 13.6. The van der Waals surface area contributed by atoms with Gasteiger partial charge in [-0.25, -0.2) is 9.78 Å². The summed E-state index contributed by atoms with van der Waals surface area (Å²) in [5.41, 5.74) is 1.96. The summed E-state index contributed by atoms with van der Waals surface area (Å²) >= 11 is 1.52. The maximum absolute atomic E-state index is 13.7. The van der Waals surface area contributed by atoms with Crippen LogP contribution in [0.5, 0.6) is 5.75 Å². The molecule has 2 heterocycles. The van der Waals surface area contributed by atoms with Crippen molar-refractivity contribution in [3.8, 4) is 16.3 Å². The highest BCUT2D eigenvalue weighted by Crippen LogP contribution is 2.35. The van der Waals surface area contributed by atoms with E-state index in [9.17, 15) is 19.5 Å². The largest absolute Gasteiger partial charge is 0.485 e. The number of hydrogen-bond acceptors (Lipinski definition) is 7. The van der Waals surface area contributed by atoms with Gasteiger partial charge < -0.3 is 30.3 Å². The smallest absolute Gasteiger partial charge is 0.317 e. The third-order valence-electron chi connectivity index (χ3n) is 6.98. The van der Waals surface area contributed by atoms with Crippen LogP contribution in [0, 0.1) is 5.92 Å². The molecule has 3 aromatic rings. The van der Waals surface area contributed by atoms with E-state index in [1.165, 1.54) is 11.3 Å². The van der Waals surface area contributed by atoms with Crippen molar-refractivity contribution in [1.82, 2.24) is 20.1 Å². The molecule has 2 aromatic carbocycles. The molecule has 4 amide bonds. The summed E-state index contributed by atoms with van der Waals surface area (Å²) in [5, 5.41) is 18.5. The number of aliphatic hydroxyl groups excluding tert-OH is 1. The molecule has 0 saturated carbocycles. The number of urea groups is 1. The molecular formula is C30H37N5O5S. The standard InChI is InChI=1S/C30H37N5O5S/c1-18(2)32-30(39)34(5)16-25-19(3)15-35(20(4)17-36)29(38)23-7-6-8-24(26(23)40-25)33-27(37)21-9-11-22(12-10-21)28-31-13-14-41-28/h6-14,18-20,25,36H,15-17H2,1-5H3,(H,32,39)(H,33,37)/t19-,20+,25-/m1/s1. The molecule has 0 spiro atoms. The fourth-order valence-electron chi connectivity index (χ4n) is 4.59. The van der Waals surface area contributed by atoms with Crippen LogP contribution in [0.15, 0.2) is 54.0 Å². The first-order valence-corrected chi connectivity index (χ1v) is 14.5. The van der Waals surface area contributed by atoms with E-state index in [0.717, 1.165) is 10.6 Å². The molecule has 41 heavy (non-hydrogen) atoms. The minimum Gasteiger partial charge on any atom is -0.485 e. The van der Waals surface area contributed by atoms with E-state index in [2.05, 4.69) is 15.6 Å². The Morgan fingerprint density at radius 3 is 2.56 bits per heavy atom. The van der Waals surface area contributed by atoms with E-state index in [4.69, 9.17) is 4.74 Å². The fourth-order valence-corrected chi connectivity index (χ4v) is 5.24. The third-order valence-corrected chi connectivity index (χ3v) is 7.80. The van der Waals surface area contributed by atoms with Crippen LogP contribution in [0.3, 0.4) is 0 Å². The van der Waals surface area contributed by atoms with Gasteiger partial charge in [0.05, 0.1) is 30.4 Å². The quantitative estimate of drug-likeness (QED) is 0.365. The van der Waals surface area contributed by atoms with E-state index in [0.29, 0.717) is 17.8 Å². The number of amides is 4. The Labute approximate surface area is 244 Å². The highest BCUT2D eigenvalue weighted by molar-refractivity contribution is 7.13. The van der Waals surface area contributed by atoms with E-state index in [1.807, 2.05) is 38.3 Å². The Hall–Kier alpha value is -3.96. The summed E-state index contributed by atoms with van der Waals surface area (Å²) in [7, 11) is 1.69. The molecule has 3 atom stereocenters. The number of carbonyl (C=O) groups excluding carboxylic acids is 3. The number of nitrogens with one attached hydrogen (secondary N) is 2. The van der Waals surface area contributed by atoms with E-state index < -0.39 is 12.1 Å². The zero-order valence-electron chi connectivity index (χ0n) is 24.0. The van der Waals surface area contributed by atoms with Gasteiger partial charge >= 0.3 is 6.03 Å². The van der Waals surface area contributed by atoms with Gasteiger partial charge in [-0.1, -0.05) is 25.1 Å². The van der Waals surface area contributed by atoms with Crippen molar-refractivity contribution in [3.05, 3.63) is 65.2 Å². The average Bonchev–Trinajstić information content (AvgIpc) is 3.49. The predicted molar refractivity (Wildman–Crippen MR) is 159 cm³/mol. The van der Waals surface area contributed by atoms with Crippen molar-refractivity contribution in [2.24, 2.45) is 5.92 Å². The summed E-state index contributed by atoms with van der Waals surface area (Å²) in [4.78, 5) is 47.1. The molecule has 1 aromatic heterocycles. The van der Waals surface area contributed by atoms with E-state index >= 15 is 0 Å². The summed E-state index contributed by atoms with van der Waals surface area (Å²) < 4.78 is 6.49. The fraction of sp³-hybridized carbons (Fsp3) is 0.400. The van der Waals surface area contributed by atoms with Gasteiger partial charge in [0.25, 0.3) is 11.8 Å². The number of para-hydroxylation sites is 1. The number of hydrogen-bond donors (Lipinski definition) is 3. The summed E-state index contributed by atoms with van der Waals surface area (Å²) in [5.74, 6) is -0.630. The SMILES string of the molecule is CC(C)NC(=O)N(C)C[C@H]1Oc2c(NC(=O)c3ccc(-c4nccs4)cc3)cccc2C(=O)N([C@@H](C)CO)C[C@H]1C. The second kappa shape index (κ2) is 13.1. The number of nitrogens with zero attached hydrogens (tertiary/aromatic N) is 3. The molecular weight excluding hydrogens is 542 g/mol. The van der Waals surface area contributed by atoms with Gasteiger partial charge in [-0.2, -0.15) is 0 Å². The molecule has 218 valence electrons. The molecule has 0 saturated heterocycles. The molecule has 1 aliphatic rings. The zero-order chi connectivity index (χ0) is 29.7. The lowest BCUT2D eigenvalue weighted by molar-refractivity contribution is 0.0368. The topological polar surface area (TPSA) is 124 Å².